The van der Waals surface area contributed by atoms with Crippen molar-refractivity contribution in [3.8, 4) is 0 Å². The molecule has 17 heavy (non-hydrogen) atoms. The number of carboxylic acids is 1. The lowest BCUT2D eigenvalue weighted by Crippen LogP contribution is -2.23. The predicted octanol–water partition coefficient (Wildman–Crippen LogP) is 0.401. The van der Waals surface area contributed by atoms with Crippen LogP contribution in [0.15, 0.2) is 41.7 Å². The summed E-state index contributed by atoms with van der Waals surface area (Å²) in [7, 11) is 0. The SMILES string of the molecule is N/C(C(=O)c1ccccc1)=C(\C(=O)O)[N+](=O)[O-]. The molecule has 0 bridgehead atoms. The van der Waals surface area contributed by atoms with Gasteiger partial charge in [-0.2, -0.15) is 0 Å². The predicted molar refractivity (Wildman–Crippen MR) is 56.6 cm³/mol. The summed E-state index contributed by atoms with van der Waals surface area (Å²) >= 11 is 0. The van der Waals surface area contributed by atoms with E-state index in [2.05, 4.69) is 0 Å². The Morgan fingerprint density at radius 2 is 1.76 bits per heavy atom. The van der Waals surface area contributed by atoms with E-state index in [1.165, 1.54) is 24.3 Å². The zero-order valence-corrected chi connectivity index (χ0v) is 8.49. The fourth-order valence-electron chi connectivity index (χ4n) is 1.14. The summed E-state index contributed by atoms with van der Waals surface area (Å²) in [4.78, 5) is 31.5. The average molecular weight is 236 g/mol. The molecule has 1 aromatic rings. The van der Waals surface area contributed by atoms with Crippen molar-refractivity contribution in [1.82, 2.24) is 0 Å². The number of carboxylic acid groups (broad SMARTS) is 1. The second-order valence-corrected chi connectivity index (χ2v) is 3.02. The second-order valence-electron chi connectivity index (χ2n) is 3.02. The van der Waals surface area contributed by atoms with Crippen molar-refractivity contribution in [1.29, 1.82) is 0 Å². The molecular weight excluding hydrogens is 228 g/mol. The molecule has 1 rings (SSSR count). The molecule has 0 aromatic heterocycles. The third kappa shape index (κ3) is 2.65. The molecule has 0 aliphatic rings. The lowest BCUT2D eigenvalue weighted by atomic mass is 10.1. The Morgan fingerprint density at radius 3 is 2.18 bits per heavy atom. The molecule has 0 radical (unpaired) electrons. The normalized spacial score (nSPS) is 11.5. The van der Waals surface area contributed by atoms with Crippen molar-refractivity contribution >= 4 is 11.8 Å². The highest BCUT2D eigenvalue weighted by molar-refractivity contribution is 6.11. The maximum Gasteiger partial charge on any atom is 0.409 e. The van der Waals surface area contributed by atoms with Crippen LogP contribution < -0.4 is 5.73 Å². The number of nitrogens with zero attached hydrogens (tertiary/aromatic N) is 1. The smallest absolute Gasteiger partial charge is 0.409 e. The van der Waals surface area contributed by atoms with Gasteiger partial charge in [-0.15, -0.1) is 0 Å². The molecule has 0 aliphatic heterocycles. The lowest BCUT2D eigenvalue weighted by Gasteiger charge is -2.00. The van der Waals surface area contributed by atoms with Crippen LogP contribution in [0.25, 0.3) is 0 Å². The number of nitrogens with two attached hydrogens (primary N) is 1. The van der Waals surface area contributed by atoms with Crippen LogP contribution in [0.1, 0.15) is 10.4 Å². The molecule has 3 N–H and O–H groups in total. The third-order valence-electron chi connectivity index (χ3n) is 1.92. The fraction of sp³-hybridized carbons (Fsp3) is 0. The number of Topliss-reactive ketones (excluding diaryl/α,β-unsaturated/α-hetero) is 1. The summed E-state index contributed by atoms with van der Waals surface area (Å²) in [5, 5.41) is 19.0. The van der Waals surface area contributed by atoms with Gasteiger partial charge in [0.05, 0.1) is 4.92 Å². The van der Waals surface area contributed by atoms with E-state index in [4.69, 9.17) is 10.8 Å². The Kier molecular flexibility index (Phi) is 3.55. The third-order valence-corrected chi connectivity index (χ3v) is 1.92. The van der Waals surface area contributed by atoms with Crippen molar-refractivity contribution in [2.75, 3.05) is 0 Å². The van der Waals surface area contributed by atoms with E-state index in [0.29, 0.717) is 0 Å². The van der Waals surface area contributed by atoms with Crippen LogP contribution in [0.2, 0.25) is 0 Å². The minimum atomic E-state index is -1.85. The molecule has 0 saturated carbocycles. The molecular formula is C10H8N2O5. The zero-order chi connectivity index (χ0) is 13.0. The minimum Gasteiger partial charge on any atom is -0.473 e. The van der Waals surface area contributed by atoms with Crippen molar-refractivity contribution in [2.45, 2.75) is 0 Å². The van der Waals surface area contributed by atoms with Gasteiger partial charge in [0.2, 0.25) is 5.78 Å². The molecule has 1 aromatic carbocycles. The number of aliphatic carboxylic acids is 1. The van der Waals surface area contributed by atoms with E-state index >= 15 is 0 Å². The first-order chi connectivity index (χ1) is 7.95. The quantitative estimate of drug-likeness (QED) is 0.337. The molecule has 7 nitrogen and oxygen atoms in total. The number of nitro groups is 1. The molecule has 0 amide bonds. The van der Waals surface area contributed by atoms with E-state index in [0.717, 1.165) is 0 Å². The molecule has 0 saturated heterocycles. The first kappa shape index (κ1) is 12.4. The monoisotopic (exact) mass is 236 g/mol. The molecule has 7 heteroatoms. The topological polar surface area (TPSA) is 124 Å². The van der Waals surface area contributed by atoms with Gasteiger partial charge in [0, 0.05) is 5.56 Å². The van der Waals surface area contributed by atoms with Gasteiger partial charge in [0.25, 0.3) is 0 Å². The van der Waals surface area contributed by atoms with Gasteiger partial charge in [-0.1, -0.05) is 30.3 Å². The fourth-order valence-corrected chi connectivity index (χ4v) is 1.14. The number of ketones is 1. The summed E-state index contributed by atoms with van der Waals surface area (Å²) in [5.74, 6) is -2.74. The van der Waals surface area contributed by atoms with Gasteiger partial charge >= 0.3 is 11.7 Å². The first-order valence-corrected chi connectivity index (χ1v) is 4.42. The van der Waals surface area contributed by atoms with Gasteiger partial charge < -0.3 is 10.8 Å². The largest absolute Gasteiger partial charge is 0.473 e. The van der Waals surface area contributed by atoms with Gasteiger partial charge in [-0.25, -0.2) is 4.79 Å². The second kappa shape index (κ2) is 4.88. The lowest BCUT2D eigenvalue weighted by molar-refractivity contribution is -0.421. The molecule has 88 valence electrons. The Bertz CT molecular complexity index is 491. The number of rotatable bonds is 4. The summed E-state index contributed by atoms with van der Waals surface area (Å²) in [6, 6.07) is 7.48. The number of hydrogen-bond donors (Lipinski definition) is 2. The molecule has 0 heterocycles. The van der Waals surface area contributed by atoms with Crippen LogP contribution in [0.3, 0.4) is 0 Å². The van der Waals surface area contributed by atoms with Crippen LogP contribution in [0, 0.1) is 10.1 Å². The first-order valence-electron chi connectivity index (χ1n) is 4.42. The number of benzene rings is 1. The van der Waals surface area contributed by atoms with E-state index in [1.807, 2.05) is 0 Å². The standard InChI is InChI=1S/C10H8N2O5/c11-7(8(10(14)15)12(16)17)9(13)6-4-2-1-3-5-6/h1-5H,11H2,(H,14,15)/b8-7+. The van der Waals surface area contributed by atoms with Crippen molar-refractivity contribution < 1.29 is 19.6 Å². The Hall–Kier alpha value is -2.70. The number of carbonyl (C=O) groups is 2. The summed E-state index contributed by atoms with van der Waals surface area (Å²) in [5.41, 5.74) is 3.08. The summed E-state index contributed by atoms with van der Waals surface area (Å²) in [6.45, 7) is 0. The highest BCUT2D eigenvalue weighted by atomic mass is 16.6. The van der Waals surface area contributed by atoms with E-state index in [9.17, 15) is 19.7 Å². The van der Waals surface area contributed by atoms with Crippen LogP contribution in [0.5, 0.6) is 0 Å². The summed E-state index contributed by atoms with van der Waals surface area (Å²) in [6.07, 6.45) is 0. The number of hydrogen-bond acceptors (Lipinski definition) is 5. The van der Waals surface area contributed by atoms with Gasteiger partial charge in [0.1, 0.15) is 0 Å². The maximum atomic E-state index is 11.6. The Labute approximate surface area is 95.3 Å². The van der Waals surface area contributed by atoms with Gasteiger partial charge in [-0.3, -0.25) is 14.9 Å². The van der Waals surface area contributed by atoms with Crippen LogP contribution in [0.4, 0.5) is 0 Å². The van der Waals surface area contributed by atoms with Gasteiger partial charge in [-0.05, 0) is 0 Å². The molecule has 0 atom stereocenters. The Balaban J connectivity index is 3.24. The summed E-state index contributed by atoms with van der Waals surface area (Å²) < 4.78 is 0. The average Bonchev–Trinajstić information content (AvgIpc) is 2.28. The van der Waals surface area contributed by atoms with E-state index in [-0.39, 0.29) is 5.56 Å². The van der Waals surface area contributed by atoms with E-state index in [1.54, 1.807) is 6.07 Å². The van der Waals surface area contributed by atoms with Crippen LogP contribution in [-0.4, -0.2) is 21.8 Å². The number of carbonyl (C=O) groups excluding carboxylic acids is 1. The molecule has 0 unspecified atom stereocenters. The van der Waals surface area contributed by atoms with E-state index < -0.39 is 28.1 Å². The molecule has 0 fully saturated rings. The highest BCUT2D eigenvalue weighted by Gasteiger charge is 2.29. The van der Waals surface area contributed by atoms with Crippen molar-refractivity contribution in [3.63, 3.8) is 0 Å². The zero-order valence-electron chi connectivity index (χ0n) is 8.49. The van der Waals surface area contributed by atoms with Crippen LogP contribution >= 0.6 is 0 Å². The highest BCUT2D eigenvalue weighted by Crippen LogP contribution is 2.09. The minimum absolute atomic E-state index is 0.0885. The van der Waals surface area contributed by atoms with Crippen LogP contribution in [-0.2, 0) is 4.79 Å². The molecule has 0 spiro atoms. The maximum absolute atomic E-state index is 11.6. The Morgan fingerprint density at radius 1 is 1.24 bits per heavy atom. The van der Waals surface area contributed by atoms with Gasteiger partial charge in [0.15, 0.2) is 5.70 Å². The van der Waals surface area contributed by atoms with Crippen molar-refractivity contribution in [3.05, 3.63) is 57.4 Å². The molecule has 0 aliphatic carbocycles. The number of allylic oxidation sites excluding steroid dienone is 1. The van der Waals surface area contributed by atoms with Crippen molar-refractivity contribution in [2.24, 2.45) is 5.73 Å².